The van der Waals surface area contributed by atoms with Gasteiger partial charge in [0.25, 0.3) is 0 Å². The molecule has 1 rings (SSSR count). The quantitative estimate of drug-likeness (QED) is 0.379. The van der Waals surface area contributed by atoms with E-state index in [0.29, 0.717) is 11.3 Å². The Balaban J connectivity index is 2.83. The number of aliphatic hydroxyl groups is 2. The first-order valence-corrected chi connectivity index (χ1v) is 6.89. The first kappa shape index (κ1) is 17.9. The molecule has 0 spiro atoms. The summed E-state index contributed by atoms with van der Waals surface area (Å²) in [4.78, 5) is 22.1. The van der Waals surface area contributed by atoms with Crippen LogP contribution in [0.15, 0.2) is 36.4 Å². The van der Waals surface area contributed by atoms with Crippen LogP contribution < -0.4 is 5.32 Å². The van der Waals surface area contributed by atoms with Crippen molar-refractivity contribution in [3.05, 3.63) is 42.0 Å². The first-order chi connectivity index (χ1) is 10.5. The van der Waals surface area contributed by atoms with Crippen molar-refractivity contribution in [1.29, 1.82) is 0 Å². The molecule has 22 heavy (non-hydrogen) atoms. The smallest absolute Gasteiger partial charge is 0.307 e. The summed E-state index contributed by atoms with van der Waals surface area (Å²) in [5, 5.41) is 22.4. The number of aldehydes is 1. The van der Waals surface area contributed by atoms with Gasteiger partial charge in [-0.2, -0.15) is 0 Å². The Bertz CT molecular complexity index is 510. The zero-order valence-electron chi connectivity index (χ0n) is 12.6. The van der Waals surface area contributed by atoms with Crippen LogP contribution in [0.1, 0.15) is 23.7 Å². The Morgan fingerprint density at radius 2 is 1.91 bits per heavy atom. The van der Waals surface area contributed by atoms with Crippen LogP contribution in [-0.2, 0) is 9.53 Å². The second-order valence-electron chi connectivity index (χ2n) is 4.89. The minimum Gasteiger partial charge on any atom is -0.469 e. The van der Waals surface area contributed by atoms with Crippen LogP contribution in [0.2, 0.25) is 0 Å². The van der Waals surface area contributed by atoms with Crippen LogP contribution in [-0.4, -0.2) is 47.8 Å². The van der Waals surface area contributed by atoms with Crippen LogP contribution in [0, 0.1) is 0 Å². The van der Waals surface area contributed by atoms with Crippen molar-refractivity contribution in [1.82, 2.24) is 0 Å². The highest BCUT2D eigenvalue weighted by Gasteiger charge is 2.21. The van der Waals surface area contributed by atoms with Crippen molar-refractivity contribution in [3.8, 4) is 0 Å². The fourth-order valence-corrected chi connectivity index (χ4v) is 1.80. The summed E-state index contributed by atoms with van der Waals surface area (Å²) >= 11 is 0. The fourth-order valence-electron chi connectivity index (χ4n) is 1.80. The number of nitrogens with one attached hydrogen (secondary N) is 1. The number of carbonyl (C=O) groups excluding carboxylic acids is 2. The molecule has 0 bridgehead atoms. The fraction of sp³-hybridized carbons (Fsp3) is 0.375. The average molecular weight is 307 g/mol. The van der Waals surface area contributed by atoms with E-state index in [1.807, 2.05) is 0 Å². The summed E-state index contributed by atoms with van der Waals surface area (Å²) in [5.74, 6) is -0.466. The Hall–Kier alpha value is -2.18. The number of ether oxygens (including phenoxy) is 1. The lowest BCUT2D eigenvalue weighted by Gasteiger charge is -2.22. The van der Waals surface area contributed by atoms with Gasteiger partial charge in [-0.05, 0) is 31.2 Å². The molecular formula is C16H21NO5. The molecule has 0 aliphatic rings. The molecular weight excluding hydrogens is 286 g/mol. The van der Waals surface area contributed by atoms with E-state index in [0.717, 1.165) is 6.29 Å². The van der Waals surface area contributed by atoms with Crippen LogP contribution in [0.4, 0.5) is 5.69 Å². The van der Waals surface area contributed by atoms with E-state index >= 15 is 0 Å². The van der Waals surface area contributed by atoms with Gasteiger partial charge in [-0.1, -0.05) is 12.2 Å². The highest BCUT2D eigenvalue weighted by atomic mass is 16.5. The standard InChI is InChI=1S/C16H21NO5/c1-11(19)3-8-15(20)14(9-16(21)22-2)17-13-6-4-12(10-18)5-7-13/h3-8,10-11,14-15,17,19-20H,9H2,1-2H3. The molecule has 0 aromatic heterocycles. The highest BCUT2D eigenvalue weighted by molar-refractivity contribution is 5.76. The maximum Gasteiger partial charge on any atom is 0.307 e. The lowest BCUT2D eigenvalue weighted by Crippen LogP contribution is -2.35. The third-order valence-corrected chi connectivity index (χ3v) is 3.01. The van der Waals surface area contributed by atoms with Gasteiger partial charge in [0, 0.05) is 11.3 Å². The van der Waals surface area contributed by atoms with Crippen molar-refractivity contribution in [3.63, 3.8) is 0 Å². The number of methoxy groups -OCH3 is 1. The summed E-state index contributed by atoms with van der Waals surface area (Å²) in [6.45, 7) is 1.56. The first-order valence-electron chi connectivity index (χ1n) is 6.89. The zero-order chi connectivity index (χ0) is 16.5. The zero-order valence-corrected chi connectivity index (χ0v) is 12.6. The topological polar surface area (TPSA) is 95.9 Å². The van der Waals surface area contributed by atoms with Crippen LogP contribution in [0.5, 0.6) is 0 Å². The molecule has 1 aromatic rings. The van der Waals surface area contributed by atoms with Crippen molar-refractivity contribution in [2.45, 2.75) is 31.6 Å². The van der Waals surface area contributed by atoms with Gasteiger partial charge in [-0.25, -0.2) is 0 Å². The number of carbonyl (C=O) groups is 2. The maximum atomic E-state index is 11.5. The number of aliphatic hydroxyl groups excluding tert-OH is 2. The maximum absolute atomic E-state index is 11.5. The van der Waals surface area contributed by atoms with Crippen LogP contribution >= 0.6 is 0 Å². The molecule has 120 valence electrons. The van der Waals surface area contributed by atoms with Gasteiger partial charge in [0.1, 0.15) is 6.29 Å². The molecule has 3 unspecified atom stereocenters. The number of anilines is 1. The summed E-state index contributed by atoms with van der Waals surface area (Å²) in [6.07, 6.45) is 1.87. The normalized spacial score (nSPS) is 15.1. The van der Waals surface area contributed by atoms with E-state index in [-0.39, 0.29) is 6.42 Å². The lowest BCUT2D eigenvalue weighted by atomic mass is 10.1. The van der Waals surface area contributed by atoms with Gasteiger partial charge in [-0.15, -0.1) is 0 Å². The molecule has 0 heterocycles. The van der Waals surface area contributed by atoms with Crippen molar-refractivity contribution < 1.29 is 24.5 Å². The van der Waals surface area contributed by atoms with E-state index in [4.69, 9.17) is 0 Å². The van der Waals surface area contributed by atoms with E-state index in [9.17, 15) is 19.8 Å². The summed E-state index contributed by atoms with van der Waals surface area (Å²) in [6, 6.07) is 5.99. The molecule has 6 nitrogen and oxygen atoms in total. The lowest BCUT2D eigenvalue weighted by molar-refractivity contribution is -0.141. The van der Waals surface area contributed by atoms with E-state index < -0.39 is 24.2 Å². The SMILES string of the molecule is COC(=O)CC(Nc1ccc(C=O)cc1)C(O)C=CC(C)O. The molecule has 0 saturated heterocycles. The highest BCUT2D eigenvalue weighted by Crippen LogP contribution is 2.14. The van der Waals surface area contributed by atoms with Crippen molar-refractivity contribution in [2.75, 3.05) is 12.4 Å². The number of hydrogen-bond donors (Lipinski definition) is 3. The minimum atomic E-state index is -0.987. The Morgan fingerprint density at radius 1 is 1.27 bits per heavy atom. The molecule has 1 aromatic carbocycles. The van der Waals surface area contributed by atoms with Crippen molar-refractivity contribution >= 4 is 17.9 Å². The minimum absolute atomic E-state index is 0.0444. The molecule has 0 aliphatic carbocycles. The van der Waals surface area contributed by atoms with Gasteiger partial charge in [-0.3, -0.25) is 9.59 Å². The molecule has 3 N–H and O–H groups in total. The largest absolute Gasteiger partial charge is 0.469 e. The summed E-state index contributed by atoms with van der Waals surface area (Å²) in [7, 11) is 1.27. The predicted octanol–water partition coefficient (Wildman–Crippen LogP) is 1.14. The Labute approximate surface area is 129 Å². The van der Waals surface area contributed by atoms with E-state index in [1.54, 1.807) is 31.2 Å². The molecule has 6 heteroatoms. The Morgan fingerprint density at radius 3 is 2.41 bits per heavy atom. The monoisotopic (exact) mass is 307 g/mol. The second kappa shape index (κ2) is 8.96. The number of esters is 1. The molecule has 0 radical (unpaired) electrons. The van der Waals surface area contributed by atoms with E-state index in [2.05, 4.69) is 10.1 Å². The van der Waals surface area contributed by atoms with Gasteiger partial charge in [0.15, 0.2) is 0 Å². The molecule has 3 atom stereocenters. The van der Waals surface area contributed by atoms with Crippen LogP contribution in [0.3, 0.4) is 0 Å². The molecule has 0 fully saturated rings. The van der Waals surface area contributed by atoms with Crippen molar-refractivity contribution in [2.24, 2.45) is 0 Å². The Kier molecular flexibility index (Phi) is 7.28. The molecule has 0 saturated carbocycles. The number of hydrogen-bond acceptors (Lipinski definition) is 6. The third-order valence-electron chi connectivity index (χ3n) is 3.01. The number of benzene rings is 1. The second-order valence-corrected chi connectivity index (χ2v) is 4.89. The van der Waals surface area contributed by atoms with Crippen LogP contribution in [0.25, 0.3) is 0 Å². The van der Waals surface area contributed by atoms with Gasteiger partial charge in [0.2, 0.25) is 0 Å². The van der Waals surface area contributed by atoms with Gasteiger partial charge in [0.05, 0.1) is 31.8 Å². The third kappa shape index (κ3) is 6.07. The van der Waals surface area contributed by atoms with E-state index in [1.165, 1.54) is 19.3 Å². The summed E-state index contributed by atoms with van der Waals surface area (Å²) < 4.78 is 4.62. The molecule has 0 aliphatic heterocycles. The predicted molar refractivity (Wildman–Crippen MR) is 82.7 cm³/mol. The van der Waals surface area contributed by atoms with Gasteiger partial charge < -0.3 is 20.3 Å². The van der Waals surface area contributed by atoms with Gasteiger partial charge >= 0.3 is 5.97 Å². The summed E-state index contributed by atoms with van der Waals surface area (Å²) in [5.41, 5.74) is 1.19. The average Bonchev–Trinajstić information content (AvgIpc) is 2.52. The molecule has 0 amide bonds. The number of rotatable bonds is 8.